The van der Waals surface area contributed by atoms with Crippen LogP contribution in [0.25, 0.3) is 0 Å². The summed E-state index contributed by atoms with van der Waals surface area (Å²) in [6.45, 7) is 5.35. The molecule has 1 aromatic rings. The first-order valence-electron chi connectivity index (χ1n) is 4.88. The maximum Gasteiger partial charge on any atom is 0.281 e. The van der Waals surface area contributed by atoms with Crippen LogP contribution in [0.2, 0.25) is 0 Å². The molecule has 0 amide bonds. The third-order valence-corrected chi connectivity index (χ3v) is 2.91. The molecule has 1 rings (SSSR count). The van der Waals surface area contributed by atoms with Crippen LogP contribution in [0.5, 0.6) is 0 Å². The molecule has 0 aliphatic rings. The lowest BCUT2D eigenvalue weighted by Crippen LogP contribution is -2.00. The van der Waals surface area contributed by atoms with Gasteiger partial charge in [-0.15, -0.1) is 11.8 Å². The monoisotopic (exact) mass is 239 g/mol. The minimum absolute atomic E-state index is 0.113. The molecular formula is C11H13NO3S. The van der Waals surface area contributed by atoms with Gasteiger partial charge in [-0.2, -0.15) is 0 Å². The van der Waals surface area contributed by atoms with Gasteiger partial charge in [0.15, 0.2) is 5.78 Å². The Morgan fingerprint density at radius 2 is 2.06 bits per heavy atom. The van der Waals surface area contributed by atoms with E-state index in [1.165, 1.54) is 30.8 Å². The summed E-state index contributed by atoms with van der Waals surface area (Å²) >= 11 is 1.53. The van der Waals surface area contributed by atoms with Crippen molar-refractivity contribution in [2.24, 2.45) is 0 Å². The number of nitro groups is 1. The molecule has 0 atom stereocenters. The van der Waals surface area contributed by atoms with E-state index in [0.717, 1.165) is 4.90 Å². The first-order chi connectivity index (χ1) is 7.41. The zero-order chi connectivity index (χ0) is 12.3. The summed E-state index contributed by atoms with van der Waals surface area (Å²) in [5, 5.41) is 11.2. The fourth-order valence-corrected chi connectivity index (χ4v) is 2.18. The molecule has 0 radical (unpaired) electrons. The lowest BCUT2D eigenvalue weighted by molar-refractivity contribution is -0.385. The Kier molecular flexibility index (Phi) is 4.06. The SMILES string of the molecule is CC(=O)c1ccc(SC(C)C)cc1[N+](=O)[O-]. The van der Waals surface area contributed by atoms with Crippen molar-refractivity contribution in [2.75, 3.05) is 0 Å². The number of hydrogen-bond donors (Lipinski definition) is 0. The average molecular weight is 239 g/mol. The van der Waals surface area contributed by atoms with Crippen molar-refractivity contribution in [3.8, 4) is 0 Å². The van der Waals surface area contributed by atoms with Gasteiger partial charge in [-0.3, -0.25) is 14.9 Å². The van der Waals surface area contributed by atoms with Crippen molar-refractivity contribution in [1.82, 2.24) is 0 Å². The molecular weight excluding hydrogens is 226 g/mol. The van der Waals surface area contributed by atoms with Crippen molar-refractivity contribution in [3.05, 3.63) is 33.9 Å². The normalized spacial score (nSPS) is 10.5. The van der Waals surface area contributed by atoms with Gasteiger partial charge in [0, 0.05) is 16.2 Å². The van der Waals surface area contributed by atoms with E-state index in [2.05, 4.69) is 0 Å². The van der Waals surface area contributed by atoms with E-state index in [0.29, 0.717) is 5.25 Å². The first kappa shape index (κ1) is 12.7. The van der Waals surface area contributed by atoms with E-state index in [-0.39, 0.29) is 17.0 Å². The second kappa shape index (κ2) is 5.12. The number of hydrogen-bond acceptors (Lipinski definition) is 4. The van der Waals surface area contributed by atoms with Gasteiger partial charge in [-0.05, 0) is 19.1 Å². The lowest BCUT2D eigenvalue weighted by Gasteiger charge is -2.05. The molecule has 86 valence electrons. The van der Waals surface area contributed by atoms with Crippen molar-refractivity contribution >= 4 is 23.2 Å². The third kappa shape index (κ3) is 3.06. The Morgan fingerprint density at radius 3 is 2.50 bits per heavy atom. The van der Waals surface area contributed by atoms with Crippen LogP contribution in [0.3, 0.4) is 0 Å². The van der Waals surface area contributed by atoms with Gasteiger partial charge in [-0.1, -0.05) is 13.8 Å². The van der Waals surface area contributed by atoms with Crippen LogP contribution in [-0.2, 0) is 0 Å². The molecule has 0 aliphatic carbocycles. The Balaban J connectivity index is 3.17. The van der Waals surface area contributed by atoms with Gasteiger partial charge >= 0.3 is 0 Å². The maximum atomic E-state index is 11.2. The molecule has 0 heterocycles. The molecule has 4 nitrogen and oxygen atoms in total. The van der Waals surface area contributed by atoms with Crippen LogP contribution < -0.4 is 0 Å². The summed E-state index contributed by atoms with van der Waals surface area (Å²) < 4.78 is 0. The third-order valence-electron chi connectivity index (χ3n) is 1.92. The summed E-state index contributed by atoms with van der Waals surface area (Å²) in [6, 6.07) is 4.72. The number of ketones is 1. The lowest BCUT2D eigenvalue weighted by atomic mass is 10.1. The summed E-state index contributed by atoms with van der Waals surface area (Å²) in [5.41, 5.74) is 0.0521. The first-order valence-corrected chi connectivity index (χ1v) is 5.76. The largest absolute Gasteiger partial charge is 0.294 e. The van der Waals surface area contributed by atoms with Gasteiger partial charge in [0.1, 0.15) is 0 Å². The van der Waals surface area contributed by atoms with Crippen LogP contribution in [0.4, 0.5) is 5.69 Å². The average Bonchev–Trinajstić information content (AvgIpc) is 2.16. The van der Waals surface area contributed by atoms with Crippen LogP contribution in [-0.4, -0.2) is 16.0 Å². The van der Waals surface area contributed by atoms with E-state index >= 15 is 0 Å². The molecule has 0 aromatic heterocycles. The number of benzene rings is 1. The highest BCUT2D eigenvalue weighted by Gasteiger charge is 2.18. The van der Waals surface area contributed by atoms with Gasteiger partial charge in [0.25, 0.3) is 5.69 Å². The molecule has 1 aromatic carbocycles. The fraction of sp³-hybridized carbons (Fsp3) is 0.364. The Morgan fingerprint density at radius 1 is 1.44 bits per heavy atom. The summed E-state index contributed by atoms with van der Waals surface area (Å²) in [5.74, 6) is -0.284. The Hall–Kier alpha value is -1.36. The van der Waals surface area contributed by atoms with Gasteiger partial charge in [-0.25, -0.2) is 0 Å². The predicted octanol–water partition coefficient (Wildman–Crippen LogP) is 3.30. The van der Waals surface area contributed by atoms with Crippen LogP contribution >= 0.6 is 11.8 Å². The van der Waals surface area contributed by atoms with Gasteiger partial charge < -0.3 is 0 Å². The standard InChI is InChI=1S/C11H13NO3S/c1-7(2)16-9-4-5-10(8(3)13)11(6-9)12(14)15/h4-7H,1-3H3. The zero-order valence-corrected chi connectivity index (χ0v) is 10.2. The molecule has 0 saturated heterocycles. The molecule has 16 heavy (non-hydrogen) atoms. The van der Waals surface area contributed by atoms with Gasteiger partial charge in [0.05, 0.1) is 10.5 Å². The summed E-state index contributed by atoms with van der Waals surface area (Å²) in [7, 11) is 0. The Labute approximate surface area is 98.2 Å². The summed E-state index contributed by atoms with van der Waals surface area (Å²) in [6.07, 6.45) is 0. The molecule has 0 N–H and O–H groups in total. The number of carbonyl (C=O) groups excluding carboxylic acids is 1. The molecule has 0 aliphatic heterocycles. The topological polar surface area (TPSA) is 60.2 Å². The quantitative estimate of drug-likeness (QED) is 0.350. The number of nitrogens with zero attached hydrogens (tertiary/aromatic N) is 1. The van der Waals surface area contributed by atoms with Crippen LogP contribution in [0, 0.1) is 10.1 Å². The number of thioether (sulfide) groups is 1. The second-order valence-electron chi connectivity index (χ2n) is 3.66. The maximum absolute atomic E-state index is 11.2. The second-order valence-corrected chi connectivity index (χ2v) is 5.31. The van der Waals surface area contributed by atoms with Crippen molar-refractivity contribution < 1.29 is 9.72 Å². The van der Waals surface area contributed by atoms with Crippen LogP contribution in [0.1, 0.15) is 31.1 Å². The predicted molar refractivity (Wildman–Crippen MR) is 64.1 cm³/mol. The number of nitro benzene ring substituents is 1. The van der Waals surface area contributed by atoms with E-state index in [9.17, 15) is 14.9 Å². The molecule has 0 saturated carbocycles. The molecule has 0 fully saturated rings. The van der Waals surface area contributed by atoms with Crippen molar-refractivity contribution in [3.63, 3.8) is 0 Å². The van der Waals surface area contributed by atoms with E-state index in [4.69, 9.17) is 0 Å². The smallest absolute Gasteiger partial charge is 0.281 e. The minimum atomic E-state index is -0.513. The highest BCUT2D eigenvalue weighted by atomic mass is 32.2. The molecule has 5 heteroatoms. The Bertz CT molecular complexity index is 429. The molecule has 0 bridgehead atoms. The van der Waals surface area contributed by atoms with E-state index < -0.39 is 4.92 Å². The zero-order valence-electron chi connectivity index (χ0n) is 9.39. The minimum Gasteiger partial charge on any atom is -0.294 e. The number of rotatable bonds is 4. The number of Topliss-reactive ketones (excluding diaryl/α,β-unsaturated/α-hetero) is 1. The fourth-order valence-electron chi connectivity index (χ4n) is 1.31. The number of carbonyl (C=O) groups is 1. The van der Waals surface area contributed by atoms with Crippen molar-refractivity contribution in [2.45, 2.75) is 30.9 Å². The molecule has 0 spiro atoms. The van der Waals surface area contributed by atoms with Crippen molar-refractivity contribution in [1.29, 1.82) is 0 Å². The molecule has 0 unspecified atom stereocenters. The van der Waals surface area contributed by atoms with E-state index in [1.54, 1.807) is 6.07 Å². The van der Waals surface area contributed by atoms with E-state index in [1.807, 2.05) is 13.8 Å². The summed E-state index contributed by atoms with van der Waals surface area (Å²) in [4.78, 5) is 22.3. The van der Waals surface area contributed by atoms with Gasteiger partial charge in [0.2, 0.25) is 0 Å². The van der Waals surface area contributed by atoms with Crippen LogP contribution in [0.15, 0.2) is 23.1 Å². The highest BCUT2D eigenvalue weighted by molar-refractivity contribution is 7.99. The highest BCUT2D eigenvalue weighted by Crippen LogP contribution is 2.29.